The summed E-state index contributed by atoms with van der Waals surface area (Å²) in [6.07, 6.45) is 0. The van der Waals surface area contributed by atoms with E-state index >= 15 is 0 Å². The first-order valence-electron chi connectivity index (χ1n) is 5.86. The number of esters is 1. The standard InChI is InChI=1S/C13H15NO2S2/c1-3-16-13(15)11-8(2)18-10-7-5-4-6-9(10)14-12(11)17/h4-8,11H,3H2,1-2H3,(H,14,17)/t8-,11-/m0/s1. The molecule has 1 aromatic rings. The number of fused-ring (bicyclic) bond motifs is 1. The number of anilines is 1. The van der Waals surface area contributed by atoms with Crippen molar-refractivity contribution in [3.63, 3.8) is 0 Å². The smallest absolute Gasteiger partial charge is 0.316 e. The topological polar surface area (TPSA) is 38.3 Å². The molecule has 0 spiro atoms. The number of carbonyl (C=O) groups is 1. The molecule has 1 aliphatic rings. The van der Waals surface area contributed by atoms with Crippen LogP contribution < -0.4 is 5.32 Å². The summed E-state index contributed by atoms with van der Waals surface area (Å²) < 4.78 is 5.10. The van der Waals surface area contributed by atoms with Gasteiger partial charge in [-0.15, -0.1) is 11.8 Å². The third kappa shape index (κ3) is 2.67. The summed E-state index contributed by atoms with van der Waals surface area (Å²) >= 11 is 6.98. The van der Waals surface area contributed by atoms with Crippen molar-refractivity contribution < 1.29 is 9.53 Å². The second-order valence-corrected chi connectivity index (χ2v) is 5.90. The Morgan fingerprint density at radius 1 is 1.50 bits per heavy atom. The Hall–Kier alpha value is -1.07. The molecule has 0 amide bonds. The van der Waals surface area contributed by atoms with Crippen LogP contribution in [0.3, 0.4) is 0 Å². The van der Waals surface area contributed by atoms with Gasteiger partial charge in [0.15, 0.2) is 0 Å². The fourth-order valence-electron chi connectivity index (χ4n) is 1.90. The van der Waals surface area contributed by atoms with Gasteiger partial charge in [-0.25, -0.2) is 0 Å². The Bertz CT molecular complexity index is 476. The van der Waals surface area contributed by atoms with E-state index in [1.165, 1.54) is 0 Å². The fraction of sp³-hybridized carbons (Fsp3) is 0.385. The second kappa shape index (κ2) is 5.71. The molecule has 0 aromatic heterocycles. The zero-order valence-electron chi connectivity index (χ0n) is 10.3. The summed E-state index contributed by atoms with van der Waals surface area (Å²) in [7, 11) is 0. The Labute approximate surface area is 116 Å². The minimum atomic E-state index is -0.391. The average molecular weight is 281 g/mol. The predicted octanol–water partition coefficient (Wildman–Crippen LogP) is 3.10. The first kappa shape index (κ1) is 13.4. The summed E-state index contributed by atoms with van der Waals surface area (Å²) in [5, 5.41) is 3.21. The maximum Gasteiger partial charge on any atom is 0.316 e. The molecule has 0 radical (unpaired) electrons. The molecule has 0 aliphatic carbocycles. The van der Waals surface area contributed by atoms with Crippen LogP contribution in [0.15, 0.2) is 29.2 Å². The van der Waals surface area contributed by atoms with Crippen molar-refractivity contribution >= 4 is 40.6 Å². The summed E-state index contributed by atoms with van der Waals surface area (Å²) in [4.78, 5) is 13.6. The van der Waals surface area contributed by atoms with Gasteiger partial charge in [-0.05, 0) is 19.1 Å². The lowest BCUT2D eigenvalue weighted by atomic mass is 10.1. The van der Waals surface area contributed by atoms with Gasteiger partial charge in [-0.1, -0.05) is 31.3 Å². The molecule has 1 heterocycles. The number of ether oxygens (including phenoxy) is 1. The lowest BCUT2D eigenvalue weighted by Crippen LogP contribution is -2.34. The maximum atomic E-state index is 12.0. The van der Waals surface area contributed by atoms with E-state index in [0.717, 1.165) is 10.6 Å². The first-order valence-corrected chi connectivity index (χ1v) is 7.15. The summed E-state index contributed by atoms with van der Waals surface area (Å²) in [5.74, 6) is -0.639. The van der Waals surface area contributed by atoms with E-state index in [-0.39, 0.29) is 11.2 Å². The molecule has 0 saturated heterocycles. The van der Waals surface area contributed by atoms with E-state index in [1.807, 2.05) is 31.2 Å². The molecule has 96 valence electrons. The molecule has 3 nitrogen and oxygen atoms in total. The monoisotopic (exact) mass is 281 g/mol. The Morgan fingerprint density at radius 3 is 2.94 bits per heavy atom. The number of benzene rings is 1. The molecule has 1 aromatic carbocycles. The molecule has 2 atom stereocenters. The summed E-state index contributed by atoms with van der Waals surface area (Å²) in [5.41, 5.74) is 0.964. The van der Waals surface area contributed by atoms with Crippen LogP contribution in [0.4, 0.5) is 5.69 Å². The van der Waals surface area contributed by atoms with Gasteiger partial charge in [0.25, 0.3) is 0 Å². The van der Waals surface area contributed by atoms with Gasteiger partial charge in [0.05, 0.1) is 17.3 Å². The van der Waals surface area contributed by atoms with Crippen molar-refractivity contribution in [1.29, 1.82) is 0 Å². The number of thioether (sulfide) groups is 1. The van der Waals surface area contributed by atoms with Crippen LogP contribution in [0.2, 0.25) is 0 Å². The predicted molar refractivity (Wildman–Crippen MR) is 78.1 cm³/mol. The van der Waals surface area contributed by atoms with Crippen LogP contribution >= 0.6 is 24.0 Å². The number of carbonyl (C=O) groups excluding carboxylic acids is 1. The van der Waals surface area contributed by atoms with Gasteiger partial charge in [0, 0.05) is 10.1 Å². The van der Waals surface area contributed by atoms with E-state index < -0.39 is 5.92 Å². The van der Waals surface area contributed by atoms with Gasteiger partial charge in [-0.2, -0.15) is 0 Å². The van der Waals surface area contributed by atoms with E-state index in [4.69, 9.17) is 17.0 Å². The van der Waals surface area contributed by atoms with Crippen molar-refractivity contribution in [3.8, 4) is 0 Å². The minimum Gasteiger partial charge on any atom is -0.465 e. The van der Waals surface area contributed by atoms with E-state index in [9.17, 15) is 4.79 Å². The van der Waals surface area contributed by atoms with Crippen molar-refractivity contribution in [1.82, 2.24) is 0 Å². The largest absolute Gasteiger partial charge is 0.465 e. The highest BCUT2D eigenvalue weighted by Crippen LogP contribution is 2.37. The van der Waals surface area contributed by atoms with Crippen LogP contribution in [-0.4, -0.2) is 22.8 Å². The van der Waals surface area contributed by atoms with E-state index in [1.54, 1.807) is 18.7 Å². The zero-order chi connectivity index (χ0) is 13.1. The van der Waals surface area contributed by atoms with Gasteiger partial charge in [0.1, 0.15) is 5.92 Å². The van der Waals surface area contributed by atoms with Gasteiger partial charge in [0.2, 0.25) is 0 Å². The maximum absolute atomic E-state index is 12.0. The second-order valence-electron chi connectivity index (χ2n) is 4.04. The van der Waals surface area contributed by atoms with Gasteiger partial charge < -0.3 is 10.1 Å². The number of nitrogens with one attached hydrogen (secondary N) is 1. The highest BCUT2D eigenvalue weighted by Gasteiger charge is 2.34. The zero-order valence-corrected chi connectivity index (χ0v) is 11.9. The van der Waals surface area contributed by atoms with Gasteiger partial charge in [-0.3, -0.25) is 4.79 Å². The SMILES string of the molecule is CCOC(=O)[C@@H]1C(=S)Nc2ccccc2S[C@H]1C. The summed E-state index contributed by atoms with van der Waals surface area (Å²) in [6.45, 7) is 4.18. The van der Waals surface area contributed by atoms with E-state index in [2.05, 4.69) is 5.32 Å². The van der Waals surface area contributed by atoms with Crippen LogP contribution in [0.5, 0.6) is 0 Å². The van der Waals surface area contributed by atoms with Crippen LogP contribution in [0, 0.1) is 5.92 Å². The third-order valence-corrected chi connectivity index (χ3v) is 4.36. The van der Waals surface area contributed by atoms with Crippen LogP contribution in [0.1, 0.15) is 13.8 Å². The number of para-hydroxylation sites is 1. The number of thiocarbonyl (C=S) groups is 1. The number of hydrogen-bond acceptors (Lipinski definition) is 4. The highest BCUT2D eigenvalue weighted by molar-refractivity contribution is 8.00. The molecule has 0 saturated carbocycles. The summed E-state index contributed by atoms with van der Waals surface area (Å²) in [6, 6.07) is 7.92. The Balaban J connectivity index is 2.28. The normalized spacial score (nSPS) is 22.7. The van der Waals surface area contributed by atoms with Crippen molar-refractivity contribution in [2.24, 2.45) is 5.92 Å². The molecule has 5 heteroatoms. The van der Waals surface area contributed by atoms with Crippen molar-refractivity contribution in [2.45, 2.75) is 24.0 Å². The van der Waals surface area contributed by atoms with Crippen molar-refractivity contribution in [2.75, 3.05) is 11.9 Å². The van der Waals surface area contributed by atoms with Gasteiger partial charge >= 0.3 is 5.97 Å². The van der Waals surface area contributed by atoms with Crippen molar-refractivity contribution in [3.05, 3.63) is 24.3 Å². The molecule has 18 heavy (non-hydrogen) atoms. The molecule has 1 aliphatic heterocycles. The third-order valence-electron chi connectivity index (χ3n) is 2.75. The Kier molecular flexibility index (Phi) is 4.24. The van der Waals surface area contributed by atoms with Crippen LogP contribution in [0.25, 0.3) is 0 Å². The Morgan fingerprint density at radius 2 is 2.22 bits per heavy atom. The molecule has 0 fully saturated rings. The lowest BCUT2D eigenvalue weighted by molar-refractivity contribution is -0.145. The highest BCUT2D eigenvalue weighted by atomic mass is 32.2. The molecule has 0 bridgehead atoms. The minimum absolute atomic E-state index is 0.0627. The molecule has 0 unspecified atom stereocenters. The molecule has 2 rings (SSSR count). The lowest BCUT2D eigenvalue weighted by Gasteiger charge is -2.19. The molecule has 1 N–H and O–H groups in total. The first-order chi connectivity index (χ1) is 8.63. The van der Waals surface area contributed by atoms with Crippen LogP contribution in [-0.2, 0) is 9.53 Å². The fourth-order valence-corrected chi connectivity index (χ4v) is 3.58. The average Bonchev–Trinajstić information content (AvgIpc) is 2.44. The number of rotatable bonds is 2. The molecular formula is C13H15NO2S2. The molecular weight excluding hydrogens is 266 g/mol. The quantitative estimate of drug-likeness (QED) is 0.666. The number of hydrogen-bond donors (Lipinski definition) is 1. The van der Waals surface area contributed by atoms with E-state index in [0.29, 0.717) is 11.6 Å².